The lowest BCUT2D eigenvalue weighted by molar-refractivity contribution is 0.0763. The molecular weight excluding hydrogens is 342 g/mol. The Bertz CT molecular complexity index is 740. The van der Waals surface area contributed by atoms with Crippen LogP contribution in [-0.2, 0) is 0 Å². The SMILES string of the molecule is CC1CC=C(c2cc(N3CCC(N(C(=O)O)C(C)(C)C)C3)nc(N)n2)CC1. The Kier molecular flexibility index (Phi) is 5.31. The number of carboxylic acid groups (broad SMARTS) is 1. The largest absolute Gasteiger partial charge is 0.465 e. The molecule has 0 spiro atoms. The van der Waals surface area contributed by atoms with Crippen molar-refractivity contribution in [3.8, 4) is 0 Å². The highest BCUT2D eigenvalue weighted by Gasteiger charge is 2.37. The van der Waals surface area contributed by atoms with E-state index in [9.17, 15) is 9.90 Å². The lowest BCUT2D eigenvalue weighted by atomic mass is 9.89. The lowest BCUT2D eigenvalue weighted by Crippen LogP contribution is -2.52. The summed E-state index contributed by atoms with van der Waals surface area (Å²) in [5.74, 6) is 1.78. The van der Waals surface area contributed by atoms with Crippen molar-refractivity contribution in [3.05, 3.63) is 17.8 Å². The summed E-state index contributed by atoms with van der Waals surface area (Å²) in [4.78, 5) is 24.3. The van der Waals surface area contributed by atoms with Crippen LogP contribution in [0.25, 0.3) is 5.57 Å². The molecule has 1 amide bonds. The summed E-state index contributed by atoms with van der Waals surface area (Å²) in [7, 11) is 0. The molecule has 0 bridgehead atoms. The van der Waals surface area contributed by atoms with Gasteiger partial charge in [-0.1, -0.05) is 13.0 Å². The summed E-state index contributed by atoms with van der Waals surface area (Å²) < 4.78 is 0. The van der Waals surface area contributed by atoms with E-state index in [0.717, 1.165) is 43.7 Å². The van der Waals surface area contributed by atoms with E-state index in [2.05, 4.69) is 27.9 Å². The van der Waals surface area contributed by atoms with Gasteiger partial charge < -0.3 is 15.7 Å². The van der Waals surface area contributed by atoms with Gasteiger partial charge in [0.2, 0.25) is 5.95 Å². The number of rotatable bonds is 3. The number of hydrogen-bond acceptors (Lipinski definition) is 5. The number of nitrogens with zero attached hydrogens (tertiary/aromatic N) is 4. The van der Waals surface area contributed by atoms with Crippen LogP contribution in [0.15, 0.2) is 12.1 Å². The first-order chi connectivity index (χ1) is 12.6. The van der Waals surface area contributed by atoms with Gasteiger partial charge in [-0.15, -0.1) is 0 Å². The van der Waals surface area contributed by atoms with Crippen LogP contribution in [0.5, 0.6) is 0 Å². The Morgan fingerprint density at radius 3 is 2.67 bits per heavy atom. The van der Waals surface area contributed by atoms with Gasteiger partial charge in [0, 0.05) is 24.7 Å². The van der Waals surface area contributed by atoms with E-state index in [1.807, 2.05) is 26.8 Å². The van der Waals surface area contributed by atoms with Crippen LogP contribution in [0, 0.1) is 5.92 Å². The first-order valence-electron chi connectivity index (χ1n) is 9.76. The normalized spacial score (nSPS) is 23.3. The Labute approximate surface area is 161 Å². The zero-order valence-corrected chi connectivity index (χ0v) is 16.8. The quantitative estimate of drug-likeness (QED) is 0.840. The van der Waals surface area contributed by atoms with Crippen molar-refractivity contribution in [2.24, 2.45) is 5.92 Å². The van der Waals surface area contributed by atoms with E-state index in [1.54, 1.807) is 4.90 Å². The fourth-order valence-corrected chi connectivity index (χ4v) is 4.13. The zero-order chi connectivity index (χ0) is 19.8. The average Bonchev–Trinajstić information content (AvgIpc) is 3.02. The summed E-state index contributed by atoms with van der Waals surface area (Å²) >= 11 is 0. The number of allylic oxidation sites excluding steroid dienone is 2. The number of amides is 1. The Morgan fingerprint density at radius 1 is 1.33 bits per heavy atom. The molecule has 0 saturated carbocycles. The van der Waals surface area contributed by atoms with Gasteiger partial charge in [-0.3, -0.25) is 4.90 Å². The van der Waals surface area contributed by atoms with Gasteiger partial charge in [0.25, 0.3) is 0 Å². The minimum atomic E-state index is -0.876. The molecule has 0 aromatic carbocycles. The predicted molar refractivity (Wildman–Crippen MR) is 108 cm³/mol. The van der Waals surface area contributed by atoms with Gasteiger partial charge in [0.1, 0.15) is 5.82 Å². The molecule has 3 N–H and O–H groups in total. The summed E-state index contributed by atoms with van der Waals surface area (Å²) in [6, 6.07) is 1.94. The van der Waals surface area contributed by atoms with Crippen molar-refractivity contribution >= 4 is 23.4 Å². The monoisotopic (exact) mass is 373 g/mol. The number of nitrogen functional groups attached to an aromatic ring is 1. The summed E-state index contributed by atoms with van der Waals surface area (Å²) in [5.41, 5.74) is 7.69. The van der Waals surface area contributed by atoms with Gasteiger partial charge in [-0.25, -0.2) is 9.78 Å². The van der Waals surface area contributed by atoms with E-state index in [-0.39, 0.29) is 12.0 Å². The molecule has 1 fully saturated rings. The molecule has 2 unspecified atom stereocenters. The van der Waals surface area contributed by atoms with E-state index < -0.39 is 11.6 Å². The van der Waals surface area contributed by atoms with Crippen LogP contribution in [0.4, 0.5) is 16.6 Å². The molecule has 1 aromatic heterocycles. The maximum absolute atomic E-state index is 11.8. The second-order valence-corrected chi connectivity index (χ2v) is 8.79. The molecule has 1 aliphatic heterocycles. The highest BCUT2D eigenvalue weighted by molar-refractivity contribution is 5.68. The third-order valence-electron chi connectivity index (χ3n) is 5.51. The van der Waals surface area contributed by atoms with Crippen molar-refractivity contribution in [2.45, 2.75) is 65.0 Å². The van der Waals surface area contributed by atoms with E-state index in [0.29, 0.717) is 12.5 Å². The van der Waals surface area contributed by atoms with Crippen LogP contribution in [-0.4, -0.2) is 50.7 Å². The van der Waals surface area contributed by atoms with Gasteiger partial charge in [0.15, 0.2) is 0 Å². The van der Waals surface area contributed by atoms with Crippen LogP contribution < -0.4 is 10.6 Å². The number of nitrogens with two attached hydrogens (primary N) is 1. The van der Waals surface area contributed by atoms with Crippen molar-refractivity contribution in [1.29, 1.82) is 0 Å². The maximum Gasteiger partial charge on any atom is 0.408 e. The fourth-order valence-electron chi connectivity index (χ4n) is 4.13. The first kappa shape index (κ1) is 19.5. The van der Waals surface area contributed by atoms with Gasteiger partial charge in [-0.05, 0) is 57.9 Å². The molecule has 2 heterocycles. The van der Waals surface area contributed by atoms with Gasteiger partial charge in [-0.2, -0.15) is 4.98 Å². The van der Waals surface area contributed by atoms with Crippen molar-refractivity contribution in [2.75, 3.05) is 23.7 Å². The first-order valence-corrected chi connectivity index (χ1v) is 9.76. The van der Waals surface area contributed by atoms with Crippen molar-refractivity contribution in [3.63, 3.8) is 0 Å². The molecule has 1 aliphatic carbocycles. The minimum absolute atomic E-state index is 0.0584. The molecule has 0 radical (unpaired) electrons. The summed E-state index contributed by atoms with van der Waals surface area (Å²) in [5, 5.41) is 9.66. The maximum atomic E-state index is 11.8. The Balaban J connectivity index is 1.81. The molecular formula is C20H31N5O2. The van der Waals surface area contributed by atoms with Crippen LogP contribution in [0.1, 0.15) is 59.1 Å². The number of aromatic nitrogens is 2. The van der Waals surface area contributed by atoms with Crippen molar-refractivity contribution in [1.82, 2.24) is 14.9 Å². The molecule has 27 heavy (non-hydrogen) atoms. The smallest absolute Gasteiger partial charge is 0.408 e. The highest BCUT2D eigenvalue weighted by Crippen LogP contribution is 2.32. The molecule has 2 aliphatic rings. The second-order valence-electron chi connectivity index (χ2n) is 8.79. The average molecular weight is 374 g/mol. The zero-order valence-electron chi connectivity index (χ0n) is 16.8. The minimum Gasteiger partial charge on any atom is -0.465 e. The Morgan fingerprint density at radius 2 is 2.07 bits per heavy atom. The topological polar surface area (TPSA) is 95.6 Å². The van der Waals surface area contributed by atoms with E-state index >= 15 is 0 Å². The molecule has 7 heteroatoms. The van der Waals surface area contributed by atoms with Gasteiger partial charge in [0.05, 0.1) is 11.7 Å². The summed E-state index contributed by atoms with van der Waals surface area (Å²) in [6.45, 7) is 9.44. The third-order valence-corrected chi connectivity index (χ3v) is 5.51. The molecule has 148 valence electrons. The van der Waals surface area contributed by atoms with Crippen LogP contribution in [0.2, 0.25) is 0 Å². The molecule has 3 rings (SSSR count). The lowest BCUT2D eigenvalue weighted by Gasteiger charge is -2.37. The highest BCUT2D eigenvalue weighted by atomic mass is 16.4. The standard InChI is InChI=1S/C20H31N5O2/c1-13-5-7-14(8-6-13)16-11-17(23-18(21)22-16)24-10-9-15(12-24)25(19(26)27)20(2,3)4/h7,11,13,15H,5-6,8-10,12H2,1-4H3,(H,26,27)(H2,21,22,23). The predicted octanol–water partition coefficient (Wildman–Crippen LogP) is 3.62. The van der Waals surface area contributed by atoms with Crippen LogP contribution in [0.3, 0.4) is 0 Å². The van der Waals surface area contributed by atoms with Crippen molar-refractivity contribution < 1.29 is 9.90 Å². The molecule has 2 atom stereocenters. The Hall–Kier alpha value is -2.31. The van der Waals surface area contributed by atoms with Gasteiger partial charge >= 0.3 is 6.09 Å². The number of anilines is 2. The van der Waals surface area contributed by atoms with Crippen LogP contribution >= 0.6 is 0 Å². The number of carbonyl (C=O) groups is 1. The second kappa shape index (κ2) is 7.37. The molecule has 1 aromatic rings. The number of hydrogen-bond donors (Lipinski definition) is 2. The third kappa shape index (κ3) is 4.34. The van der Waals surface area contributed by atoms with E-state index in [1.165, 1.54) is 5.57 Å². The summed E-state index contributed by atoms with van der Waals surface area (Å²) in [6.07, 6.45) is 5.41. The molecule has 1 saturated heterocycles. The fraction of sp³-hybridized carbons (Fsp3) is 0.650. The van der Waals surface area contributed by atoms with E-state index in [4.69, 9.17) is 5.73 Å². The molecule has 7 nitrogen and oxygen atoms in total.